The molecule has 1 aromatic heterocycles. The Kier molecular flexibility index (Phi) is 4.74. The molecule has 0 aromatic carbocycles. The lowest BCUT2D eigenvalue weighted by molar-refractivity contribution is -0.0385. The molecule has 1 aliphatic heterocycles. The van der Waals surface area contributed by atoms with E-state index in [4.69, 9.17) is 4.74 Å². The second-order valence-corrected chi connectivity index (χ2v) is 4.99. The third kappa shape index (κ3) is 3.31. The average molecular weight is 252 g/mol. The highest BCUT2D eigenvalue weighted by Gasteiger charge is 2.27. The van der Waals surface area contributed by atoms with Gasteiger partial charge in [-0.2, -0.15) is 0 Å². The second-order valence-electron chi connectivity index (χ2n) is 4.99. The topological polar surface area (TPSA) is 42.3 Å². The number of morpholine rings is 1. The van der Waals surface area contributed by atoms with Crippen LogP contribution in [0.5, 0.6) is 0 Å². The number of aryl methyl sites for hydroxylation is 1. The Labute approximate surface area is 109 Å². The number of nitrogens with one attached hydrogen (secondary N) is 1. The van der Waals surface area contributed by atoms with Gasteiger partial charge in [0.2, 0.25) is 0 Å². The highest BCUT2D eigenvalue weighted by Crippen LogP contribution is 2.11. The van der Waals surface area contributed by atoms with E-state index in [0.717, 1.165) is 38.5 Å². The minimum Gasteiger partial charge on any atom is -0.374 e. The molecule has 2 unspecified atom stereocenters. The summed E-state index contributed by atoms with van der Waals surface area (Å²) in [5.74, 6) is 1.11. The minimum absolute atomic E-state index is 0.250. The van der Waals surface area contributed by atoms with Crippen molar-refractivity contribution in [3.05, 3.63) is 18.2 Å². The van der Waals surface area contributed by atoms with Crippen LogP contribution in [-0.4, -0.2) is 59.9 Å². The molecule has 2 rings (SSSR count). The molecule has 1 aliphatic rings. The van der Waals surface area contributed by atoms with Crippen molar-refractivity contribution in [1.29, 1.82) is 0 Å². The van der Waals surface area contributed by atoms with Crippen molar-refractivity contribution in [1.82, 2.24) is 19.8 Å². The van der Waals surface area contributed by atoms with Crippen LogP contribution in [-0.2, 0) is 18.2 Å². The van der Waals surface area contributed by atoms with Crippen molar-refractivity contribution < 1.29 is 4.74 Å². The van der Waals surface area contributed by atoms with Crippen LogP contribution < -0.4 is 5.32 Å². The van der Waals surface area contributed by atoms with Gasteiger partial charge in [-0.15, -0.1) is 0 Å². The van der Waals surface area contributed by atoms with Crippen LogP contribution in [0, 0.1) is 0 Å². The fraction of sp³-hybridized carbons (Fsp3) is 0.769. The zero-order valence-corrected chi connectivity index (χ0v) is 11.6. The average Bonchev–Trinajstić information content (AvgIpc) is 2.74. The number of rotatable bonds is 5. The van der Waals surface area contributed by atoms with E-state index in [2.05, 4.69) is 33.7 Å². The summed E-state index contributed by atoms with van der Waals surface area (Å²) in [4.78, 5) is 6.74. The summed E-state index contributed by atoms with van der Waals surface area (Å²) in [7, 11) is 4.19. The molecule has 0 aliphatic carbocycles. The van der Waals surface area contributed by atoms with Crippen LogP contribution in [0.3, 0.4) is 0 Å². The van der Waals surface area contributed by atoms with Crippen molar-refractivity contribution in [2.75, 3.05) is 33.3 Å². The Bertz CT molecular complexity index is 366. The van der Waals surface area contributed by atoms with Gasteiger partial charge in [-0.1, -0.05) is 6.92 Å². The molecular formula is C13H24N4O. The summed E-state index contributed by atoms with van der Waals surface area (Å²) in [5.41, 5.74) is 0. The lowest BCUT2D eigenvalue weighted by Crippen LogP contribution is -2.52. The lowest BCUT2D eigenvalue weighted by atomic mass is 10.1. The van der Waals surface area contributed by atoms with Crippen LogP contribution in [0.25, 0.3) is 0 Å². The molecule has 0 bridgehead atoms. The summed E-state index contributed by atoms with van der Waals surface area (Å²) in [6.45, 7) is 5.93. The third-order valence-corrected chi connectivity index (χ3v) is 3.54. The van der Waals surface area contributed by atoms with E-state index in [-0.39, 0.29) is 6.10 Å². The normalized spacial score (nSPS) is 23.2. The molecule has 18 heavy (non-hydrogen) atoms. The van der Waals surface area contributed by atoms with Crippen molar-refractivity contribution in [3.8, 4) is 0 Å². The van der Waals surface area contributed by atoms with Crippen molar-refractivity contribution in [2.45, 2.75) is 25.5 Å². The van der Waals surface area contributed by atoms with Crippen LogP contribution in [0.15, 0.2) is 12.4 Å². The second kappa shape index (κ2) is 6.31. The Morgan fingerprint density at radius 2 is 2.39 bits per heavy atom. The van der Waals surface area contributed by atoms with Gasteiger partial charge < -0.3 is 19.5 Å². The maximum atomic E-state index is 5.91. The molecule has 0 spiro atoms. The predicted molar refractivity (Wildman–Crippen MR) is 71.6 cm³/mol. The highest BCUT2D eigenvalue weighted by atomic mass is 16.5. The molecular weight excluding hydrogens is 228 g/mol. The van der Waals surface area contributed by atoms with Gasteiger partial charge in [0, 0.05) is 45.0 Å². The minimum atomic E-state index is 0.250. The smallest absolute Gasteiger partial charge is 0.110 e. The van der Waals surface area contributed by atoms with Gasteiger partial charge in [0.1, 0.15) is 5.82 Å². The van der Waals surface area contributed by atoms with Crippen molar-refractivity contribution >= 4 is 0 Å². The monoisotopic (exact) mass is 252 g/mol. The Hall–Kier alpha value is -0.910. The third-order valence-electron chi connectivity index (χ3n) is 3.54. The number of nitrogens with zero attached hydrogens (tertiary/aromatic N) is 3. The van der Waals surface area contributed by atoms with E-state index < -0.39 is 0 Å². The predicted octanol–water partition coefficient (Wildman–Crippen LogP) is 0.271. The van der Waals surface area contributed by atoms with E-state index in [9.17, 15) is 0 Å². The van der Waals surface area contributed by atoms with Gasteiger partial charge in [0.15, 0.2) is 0 Å². The number of likely N-dealkylation sites (N-methyl/N-ethyl adjacent to an activating group) is 2. The standard InChI is InChI=1S/C13H24N4O/c1-4-14-11(9-13-15-5-6-17(13)3)12-10-16(2)7-8-18-12/h5-6,11-12,14H,4,7-10H2,1-3H3. The SMILES string of the molecule is CCNC(Cc1nccn1C)C1CN(C)CCO1. The molecule has 1 N–H and O–H groups in total. The molecule has 2 atom stereocenters. The Morgan fingerprint density at radius 1 is 1.56 bits per heavy atom. The lowest BCUT2D eigenvalue weighted by Gasteiger charge is -2.35. The highest BCUT2D eigenvalue weighted by molar-refractivity contribution is 4.97. The maximum Gasteiger partial charge on any atom is 0.110 e. The number of imidazole rings is 1. The largest absolute Gasteiger partial charge is 0.374 e. The van der Waals surface area contributed by atoms with Gasteiger partial charge in [-0.25, -0.2) is 4.98 Å². The molecule has 0 amide bonds. The molecule has 0 saturated carbocycles. The quantitative estimate of drug-likeness (QED) is 0.817. The molecule has 1 aromatic rings. The van der Waals surface area contributed by atoms with Crippen LogP contribution in [0.4, 0.5) is 0 Å². The first-order valence-electron chi connectivity index (χ1n) is 6.70. The summed E-state index contributed by atoms with van der Waals surface area (Å²) >= 11 is 0. The summed E-state index contributed by atoms with van der Waals surface area (Å²) in [5, 5.41) is 3.53. The van der Waals surface area contributed by atoms with Gasteiger partial charge in [0.05, 0.1) is 12.7 Å². The Balaban J connectivity index is 2.01. The number of aromatic nitrogens is 2. The van der Waals surface area contributed by atoms with Gasteiger partial charge in [-0.05, 0) is 13.6 Å². The molecule has 2 heterocycles. The fourth-order valence-electron chi connectivity index (χ4n) is 2.44. The summed E-state index contributed by atoms with van der Waals surface area (Å²) in [6, 6.07) is 0.332. The fourth-order valence-corrected chi connectivity index (χ4v) is 2.44. The number of ether oxygens (including phenoxy) is 1. The molecule has 1 fully saturated rings. The molecule has 0 radical (unpaired) electrons. The summed E-state index contributed by atoms with van der Waals surface area (Å²) in [6.07, 6.45) is 5.01. The number of hydrogen-bond donors (Lipinski definition) is 1. The maximum absolute atomic E-state index is 5.91. The van der Waals surface area contributed by atoms with Crippen LogP contribution in [0.1, 0.15) is 12.7 Å². The molecule has 1 saturated heterocycles. The molecule has 5 heteroatoms. The Morgan fingerprint density at radius 3 is 3.00 bits per heavy atom. The summed E-state index contributed by atoms with van der Waals surface area (Å²) < 4.78 is 7.99. The van der Waals surface area contributed by atoms with E-state index in [0.29, 0.717) is 6.04 Å². The molecule has 102 valence electrons. The van der Waals surface area contributed by atoms with Crippen molar-refractivity contribution in [3.63, 3.8) is 0 Å². The van der Waals surface area contributed by atoms with Crippen LogP contribution >= 0.6 is 0 Å². The number of hydrogen-bond acceptors (Lipinski definition) is 4. The zero-order valence-electron chi connectivity index (χ0n) is 11.6. The van der Waals surface area contributed by atoms with Gasteiger partial charge in [0.25, 0.3) is 0 Å². The zero-order chi connectivity index (χ0) is 13.0. The first-order chi connectivity index (χ1) is 8.70. The van der Waals surface area contributed by atoms with E-state index in [1.807, 2.05) is 19.4 Å². The van der Waals surface area contributed by atoms with Gasteiger partial charge in [-0.3, -0.25) is 0 Å². The first kappa shape index (κ1) is 13.5. The first-order valence-corrected chi connectivity index (χ1v) is 6.70. The molecule has 5 nitrogen and oxygen atoms in total. The van der Waals surface area contributed by atoms with E-state index in [1.165, 1.54) is 0 Å². The van der Waals surface area contributed by atoms with Gasteiger partial charge >= 0.3 is 0 Å². The van der Waals surface area contributed by atoms with E-state index in [1.54, 1.807) is 0 Å². The van der Waals surface area contributed by atoms with E-state index >= 15 is 0 Å². The van der Waals surface area contributed by atoms with Crippen LogP contribution in [0.2, 0.25) is 0 Å². The van der Waals surface area contributed by atoms with Crippen molar-refractivity contribution in [2.24, 2.45) is 7.05 Å².